The molecule has 0 spiro atoms. The molecule has 12 heavy (non-hydrogen) atoms. The highest BCUT2D eigenvalue weighted by atomic mass is 16.3. The third kappa shape index (κ3) is 2.44. The third-order valence-corrected chi connectivity index (χ3v) is 2.68. The van der Waals surface area contributed by atoms with Crippen LogP contribution in [0.1, 0.15) is 26.2 Å². The molecule has 0 heterocycles. The molecule has 72 valence electrons. The molecular weight excluding hydrogens is 152 g/mol. The highest BCUT2D eigenvalue weighted by Crippen LogP contribution is 2.23. The molecule has 3 heteroatoms. The number of hydrogen-bond donors (Lipinski definition) is 2. The molecule has 0 saturated heterocycles. The van der Waals surface area contributed by atoms with Gasteiger partial charge in [-0.25, -0.2) is 0 Å². The van der Waals surface area contributed by atoms with Gasteiger partial charge in [0.25, 0.3) is 0 Å². The van der Waals surface area contributed by atoms with Crippen molar-refractivity contribution in [2.24, 2.45) is 5.73 Å². The number of nitrogens with two attached hydrogens (primary N) is 1. The molecule has 0 aromatic heterocycles. The first-order valence-corrected chi connectivity index (χ1v) is 4.88. The minimum Gasteiger partial charge on any atom is -0.396 e. The first-order chi connectivity index (χ1) is 5.77. The summed E-state index contributed by atoms with van der Waals surface area (Å²) in [4.78, 5) is 2.42. The molecule has 1 aliphatic carbocycles. The summed E-state index contributed by atoms with van der Waals surface area (Å²) in [5, 5.41) is 8.68. The van der Waals surface area contributed by atoms with Gasteiger partial charge in [0.15, 0.2) is 0 Å². The highest BCUT2D eigenvalue weighted by Gasteiger charge is 2.29. The van der Waals surface area contributed by atoms with Gasteiger partial charge in [-0.2, -0.15) is 0 Å². The molecule has 0 radical (unpaired) electrons. The Kier molecular flexibility index (Phi) is 3.98. The van der Waals surface area contributed by atoms with Crippen molar-refractivity contribution in [2.75, 3.05) is 19.7 Å². The van der Waals surface area contributed by atoms with E-state index in [1.165, 1.54) is 0 Å². The summed E-state index contributed by atoms with van der Waals surface area (Å²) in [6.07, 6.45) is 3.16. The molecule has 3 nitrogen and oxygen atoms in total. The zero-order valence-electron chi connectivity index (χ0n) is 7.87. The molecule has 0 unspecified atom stereocenters. The summed E-state index contributed by atoms with van der Waals surface area (Å²) in [6.45, 7) is 4.57. The Morgan fingerprint density at radius 2 is 2.17 bits per heavy atom. The van der Waals surface area contributed by atoms with E-state index in [9.17, 15) is 0 Å². The van der Waals surface area contributed by atoms with Crippen molar-refractivity contribution in [3.05, 3.63) is 0 Å². The summed E-state index contributed by atoms with van der Waals surface area (Å²) in [6, 6.07) is 1.12. The molecule has 1 fully saturated rings. The van der Waals surface area contributed by atoms with Crippen LogP contribution in [0.4, 0.5) is 0 Å². The fourth-order valence-corrected chi connectivity index (χ4v) is 1.80. The van der Waals surface area contributed by atoms with Crippen LogP contribution in [0.3, 0.4) is 0 Å². The molecule has 0 aromatic rings. The van der Waals surface area contributed by atoms with Crippen LogP contribution in [0.25, 0.3) is 0 Å². The maximum atomic E-state index is 8.68. The lowest BCUT2D eigenvalue weighted by atomic mass is 9.86. The summed E-state index contributed by atoms with van der Waals surface area (Å²) in [5.41, 5.74) is 5.71. The SMILES string of the molecule is CCN(CCCO)C1CC(N)C1. The third-order valence-electron chi connectivity index (χ3n) is 2.68. The van der Waals surface area contributed by atoms with Crippen molar-refractivity contribution >= 4 is 0 Å². The lowest BCUT2D eigenvalue weighted by Crippen LogP contribution is -2.50. The van der Waals surface area contributed by atoms with E-state index in [4.69, 9.17) is 10.8 Å². The van der Waals surface area contributed by atoms with Gasteiger partial charge in [0.05, 0.1) is 0 Å². The largest absolute Gasteiger partial charge is 0.396 e. The maximum absolute atomic E-state index is 8.68. The number of aliphatic hydroxyl groups excluding tert-OH is 1. The van der Waals surface area contributed by atoms with Gasteiger partial charge in [0.2, 0.25) is 0 Å². The summed E-state index contributed by atoms with van der Waals surface area (Å²) < 4.78 is 0. The second-order valence-corrected chi connectivity index (χ2v) is 3.59. The zero-order chi connectivity index (χ0) is 8.97. The van der Waals surface area contributed by atoms with Gasteiger partial charge in [-0.3, -0.25) is 0 Å². The van der Waals surface area contributed by atoms with Gasteiger partial charge >= 0.3 is 0 Å². The molecular formula is C9H20N2O. The monoisotopic (exact) mass is 172 g/mol. The van der Waals surface area contributed by atoms with Crippen molar-refractivity contribution in [1.29, 1.82) is 0 Å². The second kappa shape index (κ2) is 4.80. The average Bonchev–Trinajstić information content (AvgIpc) is 2.02. The fourth-order valence-electron chi connectivity index (χ4n) is 1.80. The van der Waals surface area contributed by atoms with Crippen LogP contribution in [-0.2, 0) is 0 Å². The number of rotatable bonds is 5. The standard InChI is InChI=1S/C9H20N2O/c1-2-11(4-3-5-12)9-6-8(10)7-9/h8-9,12H,2-7,10H2,1H3. The van der Waals surface area contributed by atoms with Gasteiger partial charge in [0, 0.05) is 25.2 Å². The molecule has 1 aliphatic rings. The van der Waals surface area contributed by atoms with E-state index in [2.05, 4.69) is 11.8 Å². The fraction of sp³-hybridized carbons (Fsp3) is 1.00. The first kappa shape index (κ1) is 9.96. The van der Waals surface area contributed by atoms with E-state index < -0.39 is 0 Å². The normalized spacial score (nSPS) is 29.0. The molecule has 0 aromatic carbocycles. The Balaban J connectivity index is 2.16. The van der Waals surface area contributed by atoms with Crippen LogP contribution in [-0.4, -0.2) is 41.8 Å². The molecule has 0 amide bonds. The van der Waals surface area contributed by atoms with Crippen molar-refractivity contribution in [2.45, 2.75) is 38.3 Å². The number of nitrogens with zero attached hydrogens (tertiary/aromatic N) is 1. The average molecular weight is 172 g/mol. The van der Waals surface area contributed by atoms with Gasteiger partial charge in [-0.15, -0.1) is 0 Å². The predicted molar refractivity (Wildman–Crippen MR) is 49.9 cm³/mol. The Morgan fingerprint density at radius 3 is 2.58 bits per heavy atom. The van der Waals surface area contributed by atoms with Crippen LogP contribution in [0.2, 0.25) is 0 Å². The molecule has 1 saturated carbocycles. The van der Waals surface area contributed by atoms with Crippen LogP contribution in [0.5, 0.6) is 0 Å². The Labute approximate surface area is 74.5 Å². The van der Waals surface area contributed by atoms with E-state index in [-0.39, 0.29) is 0 Å². The lowest BCUT2D eigenvalue weighted by Gasteiger charge is -2.41. The number of aliphatic hydroxyl groups is 1. The molecule has 0 bridgehead atoms. The van der Waals surface area contributed by atoms with Crippen molar-refractivity contribution in [3.63, 3.8) is 0 Å². The van der Waals surface area contributed by atoms with Gasteiger partial charge < -0.3 is 15.7 Å². The van der Waals surface area contributed by atoms with Crippen molar-refractivity contribution in [3.8, 4) is 0 Å². The van der Waals surface area contributed by atoms with Crippen LogP contribution >= 0.6 is 0 Å². The molecule has 1 rings (SSSR count). The highest BCUT2D eigenvalue weighted by molar-refractivity contribution is 4.89. The van der Waals surface area contributed by atoms with Gasteiger partial charge in [-0.05, 0) is 25.8 Å². The van der Waals surface area contributed by atoms with E-state index in [0.717, 1.165) is 32.4 Å². The van der Waals surface area contributed by atoms with Gasteiger partial charge in [0.1, 0.15) is 0 Å². The first-order valence-electron chi connectivity index (χ1n) is 4.88. The quantitative estimate of drug-likeness (QED) is 0.622. The Morgan fingerprint density at radius 1 is 1.50 bits per heavy atom. The zero-order valence-corrected chi connectivity index (χ0v) is 7.87. The Hall–Kier alpha value is -0.120. The van der Waals surface area contributed by atoms with E-state index in [0.29, 0.717) is 18.7 Å². The topological polar surface area (TPSA) is 49.5 Å². The smallest absolute Gasteiger partial charge is 0.0443 e. The van der Waals surface area contributed by atoms with Crippen LogP contribution < -0.4 is 5.73 Å². The summed E-state index contributed by atoms with van der Waals surface area (Å²) in [7, 11) is 0. The lowest BCUT2D eigenvalue weighted by molar-refractivity contribution is 0.107. The molecule has 3 N–H and O–H groups in total. The predicted octanol–water partition coefficient (Wildman–Crippen LogP) is 0.180. The second-order valence-electron chi connectivity index (χ2n) is 3.59. The summed E-state index contributed by atoms with van der Waals surface area (Å²) in [5.74, 6) is 0. The minimum atomic E-state index is 0.301. The molecule has 0 atom stereocenters. The number of hydrogen-bond acceptors (Lipinski definition) is 3. The van der Waals surface area contributed by atoms with Crippen molar-refractivity contribution in [1.82, 2.24) is 4.90 Å². The minimum absolute atomic E-state index is 0.301. The molecule has 0 aliphatic heterocycles. The maximum Gasteiger partial charge on any atom is 0.0443 e. The van der Waals surface area contributed by atoms with Gasteiger partial charge in [-0.1, -0.05) is 6.92 Å². The van der Waals surface area contributed by atoms with E-state index in [1.54, 1.807) is 0 Å². The summed E-state index contributed by atoms with van der Waals surface area (Å²) >= 11 is 0. The Bertz CT molecular complexity index is 124. The van der Waals surface area contributed by atoms with E-state index in [1.807, 2.05) is 0 Å². The van der Waals surface area contributed by atoms with Crippen LogP contribution in [0.15, 0.2) is 0 Å². The van der Waals surface area contributed by atoms with Crippen LogP contribution in [0, 0.1) is 0 Å². The van der Waals surface area contributed by atoms with E-state index >= 15 is 0 Å². The van der Waals surface area contributed by atoms with Crippen molar-refractivity contribution < 1.29 is 5.11 Å².